The van der Waals surface area contributed by atoms with Gasteiger partial charge in [-0.2, -0.15) is 0 Å². The molecule has 1 aliphatic rings. The van der Waals surface area contributed by atoms with Crippen LogP contribution in [0.5, 0.6) is 0 Å². The smallest absolute Gasteiger partial charge is 0.303 e. The number of nitrogens with zero attached hydrogens (tertiary/aromatic N) is 1. The zero-order valence-corrected chi connectivity index (χ0v) is 14.9. The van der Waals surface area contributed by atoms with Crippen LogP contribution in [0.15, 0.2) is 54.6 Å². The highest BCUT2D eigenvalue weighted by molar-refractivity contribution is 5.97. The van der Waals surface area contributed by atoms with Crippen LogP contribution in [0, 0.1) is 5.92 Å². The molecule has 140 valence electrons. The van der Waals surface area contributed by atoms with Gasteiger partial charge in [0.1, 0.15) is 0 Å². The Hall–Kier alpha value is -3.15. The minimum Gasteiger partial charge on any atom is -0.481 e. The minimum absolute atomic E-state index is 0.0111. The predicted octanol–water partition coefficient (Wildman–Crippen LogP) is 2.69. The number of amides is 2. The summed E-state index contributed by atoms with van der Waals surface area (Å²) < 4.78 is 0. The van der Waals surface area contributed by atoms with Crippen molar-refractivity contribution in [3.63, 3.8) is 0 Å². The highest BCUT2D eigenvalue weighted by Gasteiger charge is 2.34. The van der Waals surface area contributed by atoms with Crippen molar-refractivity contribution < 1.29 is 19.5 Å². The zero-order chi connectivity index (χ0) is 19.2. The fourth-order valence-corrected chi connectivity index (χ4v) is 3.15. The molecule has 2 aromatic carbocycles. The molecule has 0 aliphatic carbocycles. The van der Waals surface area contributed by atoms with Crippen LogP contribution in [-0.4, -0.2) is 34.3 Å². The van der Waals surface area contributed by atoms with Gasteiger partial charge in [0, 0.05) is 31.6 Å². The van der Waals surface area contributed by atoms with Crippen molar-refractivity contribution in [2.45, 2.75) is 25.8 Å². The first-order valence-electron chi connectivity index (χ1n) is 8.94. The topological polar surface area (TPSA) is 86.7 Å². The van der Waals surface area contributed by atoms with Crippen molar-refractivity contribution in [2.75, 3.05) is 11.9 Å². The number of anilines is 1. The molecule has 0 spiro atoms. The molecule has 1 fully saturated rings. The second-order valence-electron chi connectivity index (χ2n) is 6.74. The first kappa shape index (κ1) is 18.6. The van der Waals surface area contributed by atoms with Crippen molar-refractivity contribution in [1.82, 2.24) is 4.90 Å². The van der Waals surface area contributed by atoms with E-state index in [0.29, 0.717) is 25.2 Å². The molecule has 27 heavy (non-hydrogen) atoms. The lowest BCUT2D eigenvalue weighted by Gasteiger charge is -2.16. The quantitative estimate of drug-likeness (QED) is 0.789. The van der Waals surface area contributed by atoms with Gasteiger partial charge < -0.3 is 15.3 Å². The van der Waals surface area contributed by atoms with Gasteiger partial charge in [-0.1, -0.05) is 42.5 Å². The van der Waals surface area contributed by atoms with Crippen LogP contribution < -0.4 is 5.32 Å². The van der Waals surface area contributed by atoms with E-state index in [-0.39, 0.29) is 30.6 Å². The number of benzene rings is 2. The van der Waals surface area contributed by atoms with Crippen LogP contribution in [0.4, 0.5) is 5.69 Å². The van der Waals surface area contributed by atoms with E-state index in [9.17, 15) is 14.4 Å². The van der Waals surface area contributed by atoms with Gasteiger partial charge in [0.15, 0.2) is 0 Å². The molecular formula is C21H22N2O4. The lowest BCUT2D eigenvalue weighted by Crippen LogP contribution is -2.28. The fraction of sp³-hybridized carbons (Fsp3) is 0.286. The third-order valence-electron chi connectivity index (χ3n) is 4.65. The highest BCUT2D eigenvalue weighted by Crippen LogP contribution is 2.22. The zero-order valence-electron chi connectivity index (χ0n) is 14.9. The molecule has 0 saturated carbocycles. The number of hydrogen-bond acceptors (Lipinski definition) is 3. The van der Waals surface area contributed by atoms with Crippen LogP contribution in [0.2, 0.25) is 0 Å². The summed E-state index contributed by atoms with van der Waals surface area (Å²) in [5.41, 5.74) is 2.59. The minimum atomic E-state index is -0.835. The molecule has 6 heteroatoms. The number of likely N-dealkylation sites (tertiary alicyclic amines) is 1. The third kappa shape index (κ3) is 5.17. The number of carboxylic acids is 1. The van der Waals surface area contributed by atoms with E-state index < -0.39 is 5.97 Å². The summed E-state index contributed by atoms with van der Waals surface area (Å²) in [6.45, 7) is 0.929. The van der Waals surface area contributed by atoms with Gasteiger partial charge in [0.25, 0.3) is 0 Å². The van der Waals surface area contributed by atoms with Crippen molar-refractivity contribution in [3.8, 4) is 0 Å². The van der Waals surface area contributed by atoms with E-state index in [4.69, 9.17) is 5.11 Å². The van der Waals surface area contributed by atoms with Crippen molar-refractivity contribution >= 4 is 23.5 Å². The molecule has 2 amide bonds. The van der Waals surface area contributed by atoms with E-state index >= 15 is 0 Å². The summed E-state index contributed by atoms with van der Waals surface area (Å²) in [6.07, 6.45) is 0.748. The summed E-state index contributed by atoms with van der Waals surface area (Å²) in [4.78, 5) is 37.0. The average molecular weight is 366 g/mol. The largest absolute Gasteiger partial charge is 0.481 e. The molecule has 1 heterocycles. The van der Waals surface area contributed by atoms with Gasteiger partial charge in [-0.25, -0.2) is 0 Å². The Labute approximate surface area is 157 Å². The number of nitrogens with one attached hydrogen (secondary N) is 1. The van der Waals surface area contributed by atoms with Crippen LogP contribution in [-0.2, 0) is 27.3 Å². The molecule has 6 nitrogen and oxygen atoms in total. The summed E-state index contributed by atoms with van der Waals surface area (Å²) in [5, 5.41) is 11.6. The first-order valence-corrected chi connectivity index (χ1v) is 8.94. The normalized spacial score (nSPS) is 16.4. The lowest BCUT2D eigenvalue weighted by atomic mass is 10.1. The second-order valence-corrected chi connectivity index (χ2v) is 6.74. The Balaban J connectivity index is 1.54. The van der Waals surface area contributed by atoms with Crippen molar-refractivity contribution in [1.29, 1.82) is 0 Å². The molecule has 3 rings (SSSR count). The molecule has 1 atom stereocenters. The monoisotopic (exact) mass is 366 g/mol. The van der Waals surface area contributed by atoms with Crippen LogP contribution in [0.25, 0.3) is 0 Å². The Morgan fingerprint density at radius 2 is 1.74 bits per heavy atom. The fourth-order valence-electron chi connectivity index (χ4n) is 3.15. The summed E-state index contributed by atoms with van der Waals surface area (Å²) in [6, 6.07) is 16.8. The van der Waals surface area contributed by atoms with Gasteiger partial charge in [0.2, 0.25) is 11.8 Å². The van der Waals surface area contributed by atoms with E-state index in [0.717, 1.165) is 11.1 Å². The second kappa shape index (κ2) is 8.49. The third-order valence-corrected chi connectivity index (χ3v) is 4.65. The standard InChI is InChI=1S/C21H22N2O4/c24-19-12-17(14-23(19)13-16-4-2-1-3-5-16)21(27)22-18-9-6-15(7-10-18)8-11-20(25)26/h1-7,9-10,17H,8,11-14H2,(H,22,27)(H,25,26). The molecule has 1 saturated heterocycles. The summed E-state index contributed by atoms with van der Waals surface area (Å²) in [7, 11) is 0. The first-order chi connectivity index (χ1) is 13.0. The molecule has 2 aromatic rings. The number of aliphatic carboxylic acids is 1. The summed E-state index contributed by atoms with van der Waals surface area (Å²) in [5.74, 6) is -1.38. The van der Waals surface area contributed by atoms with Crippen LogP contribution >= 0.6 is 0 Å². The number of carboxylic acid groups (broad SMARTS) is 1. The van der Waals surface area contributed by atoms with Crippen molar-refractivity contribution in [3.05, 3.63) is 65.7 Å². The molecule has 0 radical (unpaired) electrons. The van der Waals surface area contributed by atoms with Gasteiger partial charge in [-0.15, -0.1) is 0 Å². The Kier molecular flexibility index (Phi) is 5.86. The number of rotatable bonds is 7. The molecular weight excluding hydrogens is 344 g/mol. The highest BCUT2D eigenvalue weighted by atomic mass is 16.4. The Bertz CT molecular complexity index is 818. The maximum absolute atomic E-state index is 12.5. The van der Waals surface area contributed by atoms with E-state index in [2.05, 4.69) is 5.32 Å². The Morgan fingerprint density at radius 3 is 2.41 bits per heavy atom. The molecule has 0 bridgehead atoms. The number of carbonyl (C=O) groups excluding carboxylic acids is 2. The number of carbonyl (C=O) groups is 3. The van der Waals surface area contributed by atoms with Crippen LogP contribution in [0.1, 0.15) is 24.0 Å². The SMILES string of the molecule is O=C(O)CCc1ccc(NC(=O)C2CC(=O)N(Cc3ccccc3)C2)cc1. The molecule has 1 aliphatic heterocycles. The maximum atomic E-state index is 12.5. The average Bonchev–Trinajstić information content (AvgIpc) is 3.02. The van der Waals surface area contributed by atoms with Crippen LogP contribution in [0.3, 0.4) is 0 Å². The van der Waals surface area contributed by atoms with Gasteiger partial charge >= 0.3 is 5.97 Å². The van der Waals surface area contributed by atoms with E-state index in [1.807, 2.05) is 30.3 Å². The predicted molar refractivity (Wildman–Crippen MR) is 101 cm³/mol. The molecule has 1 unspecified atom stereocenters. The van der Waals surface area contributed by atoms with E-state index in [1.165, 1.54) is 0 Å². The molecule has 0 aromatic heterocycles. The maximum Gasteiger partial charge on any atom is 0.303 e. The summed E-state index contributed by atoms with van der Waals surface area (Å²) >= 11 is 0. The lowest BCUT2D eigenvalue weighted by molar-refractivity contribution is -0.137. The number of hydrogen-bond donors (Lipinski definition) is 2. The van der Waals surface area contributed by atoms with E-state index in [1.54, 1.807) is 29.2 Å². The van der Waals surface area contributed by atoms with Gasteiger partial charge in [-0.05, 0) is 29.7 Å². The number of aryl methyl sites for hydroxylation is 1. The van der Waals surface area contributed by atoms with Crippen molar-refractivity contribution in [2.24, 2.45) is 5.92 Å². The van der Waals surface area contributed by atoms with Gasteiger partial charge in [-0.3, -0.25) is 14.4 Å². The van der Waals surface area contributed by atoms with Gasteiger partial charge in [0.05, 0.1) is 5.92 Å². The molecule has 2 N–H and O–H groups in total. The Morgan fingerprint density at radius 1 is 1.04 bits per heavy atom.